The predicted molar refractivity (Wildman–Crippen MR) is 98.7 cm³/mol. The van der Waals surface area contributed by atoms with Gasteiger partial charge >= 0.3 is 0 Å². The van der Waals surface area contributed by atoms with Crippen LogP contribution in [-0.2, 0) is 6.54 Å². The molecule has 1 N–H and O–H groups in total. The van der Waals surface area contributed by atoms with E-state index in [2.05, 4.69) is 10.4 Å². The summed E-state index contributed by atoms with van der Waals surface area (Å²) in [5.74, 6) is -0.0308. The fourth-order valence-corrected chi connectivity index (χ4v) is 2.78. The van der Waals surface area contributed by atoms with E-state index in [9.17, 15) is 9.18 Å². The summed E-state index contributed by atoms with van der Waals surface area (Å²) in [4.78, 5) is 12.4. The molecule has 0 saturated carbocycles. The fourth-order valence-electron chi connectivity index (χ4n) is 2.38. The predicted octanol–water partition coefficient (Wildman–Crippen LogP) is 4.64. The molecule has 0 aliphatic rings. The summed E-state index contributed by atoms with van der Waals surface area (Å²) in [6.07, 6.45) is 1.69. The number of carbonyl (C=O) groups is 1. The molecule has 2 aromatic carbocycles. The fraction of sp³-hybridized carbons (Fsp3) is 0.111. The standard InChI is InChI=1S/C18H14Cl2FN3O2/c1-26-16-5-3-12(19)8-14(16)18(25)22-17-6-7-24(23-17)10-11-2-4-13(21)9-15(11)20/h2-9H,10H2,1H3,(H,22,23,25). The van der Waals surface area contributed by atoms with E-state index in [1.165, 1.54) is 25.3 Å². The molecule has 0 atom stereocenters. The number of benzene rings is 2. The van der Waals surface area contributed by atoms with Crippen LogP contribution in [0.2, 0.25) is 10.0 Å². The Balaban J connectivity index is 1.74. The lowest BCUT2D eigenvalue weighted by Crippen LogP contribution is -2.14. The zero-order chi connectivity index (χ0) is 18.7. The Morgan fingerprint density at radius 3 is 2.77 bits per heavy atom. The van der Waals surface area contributed by atoms with Crippen molar-refractivity contribution < 1.29 is 13.9 Å². The van der Waals surface area contributed by atoms with Gasteiger partial charge in [-0.15, -0.1) is 0 Å². The Bertz CT molecular complexity index is 959. The van der Waals surface area contributed by atoms with Crippen molar-refractivity contribution in [1.82, 2.24) is 9.78 Å². The second-order valence-corrected chi connectivity index (χ2v) is 6.28. The quantitative estimate of drug-likeness (QED) is 0.686. The molecule has 26 heavy (non-hydrogen) atoms. The van der Waals surface area contributed by atoms with E-state index < -0.39 is 11.7 Å². The third-order valence-electron chi connectivity index (χ3n) is 3.64. The van der Waals surface area contributed by atoms with Crippen LogP contribution in [0.15, 0.2) is 48.7 Å². The highest BCUT2D eigenvalue weighted by Gasteiger charge is 2.14. The van der Waals surface area contributed by atoms with Crippen molar-refractivity contribution in [3.8, 4) is 5.75 Å². The van der Waals surface area contributed by atoms with Crippen molar-refractivity contribution in [2.24, 2.45) is 0 Å². The van der Waals surface area contributed by atoms with Gasteiger partial charge in [0.05, 0.1) is 19.2 Å². The van der Waals surface area contributed by atoms with Crippen LogP contribution in [0.5, 0.6) is 5.75 Å². The van der Waals surface area contributed by atoms with Gasteiger partial charge in [0, 0.05) is 22.3 Å². The number of anilines is 1. The lowest BCUT2D eigenvalue weighted by Gasteiger charge is -2.08. The summed E-state index contributed by atoms with van der Waals surface area (Å²) in [5.41, 5.74) is 1.02. The van der Waals surface area contributed by atoms with Crippen LogP contribution in [0.4, 0.5) is 10.2 Å². The summed E-state index contributed by atoms with van der Waals surface area (Å²) < 4.78 is 19.9. The summed E-state index contributed by atoms with van der Waals surface area (Å²) in [5, 5.41) is 7.70. The second-order valence-electron chi connectivity index (χ2n) is 5.43. The molecular weight excluding hydrogens is 380 g/mol. The van der Waals surface area contributed by atoms with E-state index in [-0.39, 0.29) is 0 Å². The molecule has 134 valence electrons. The Hall–Kier alpha value is -2.57. The lowest BCUT2D eigenvalue weighted by atomic mass is 10.2. The number of ether oxygens (including phenoxy) is 1. The number of halogens is 3. The van der Waals surface area contributed by atoms with Crippen LogP contribution in [0, 0.1) is 5.82 Å². The van der Waals surface area contributed by atoms with Crippen molar-refractivity contribution in [3.63, 3.8) is 0 Å². The topological polar surface area (TPSA) is 56.1 Å². The van der Waals surface area contributed by atoms with E-state index in [0.29, 0.717) is 39.3 Å². The molecule has 0 aliphatic heterocycles. The van der Waals surface area contributed by atoms with Crippen LogP contribution in [-0.4, -0.2) is 22.8 Å². The first kappa shape index (κ1) is 18.2. The zero-order valence-corrected chi connectivity index (χ0v) is 15.2. The SMILES string of the molecule is COc1ccc(Cl)cc1C(=O)Nc1ccn(Cc2ccc(F)cc2Cl)n1. The Morgan fingerprint density at radius 2 is 2.04 bits per heavy atom. The molecule has 0 aliphatic carbocycles. The van der Waals surface area contributed by atoms with E-state index in [1.807, 2.05) is 0 Å². The summed E-state index contributed by atoms with van der Waals surface area (Å²) in [6.45, 7) is 0.343. The average molecular weight is 394 g/mol. The van der Waals surface area contributed by atoms with E-state index in [4.69, 9.17) is 27.9 Å². The van der Waals surface area contributed by atoms with Gasteiger partial charge in [-0.25, -0.2) is 4.39 Å². The molecule has 1 aromatic heterocycles. The first-order chi connectivity index (χ1) is 12.5. The van der Waals surface area contributed by atoms with Gasteiger partial charge in [0.15, 0.2) is 5.82 Å². The molecule has 0 spiro atoms. The number of carbonyl (C=O) groups excluding carboxylic acids is 1. The molecule has 0 fully saturated rings. The lowest BCUT2D eigenvalue weighted by molar-refractivity contribution is 0.102. The molecule has 5 nitrogen and oxygen atoms in total. The average Bonchev–Trinajstić information content (AvgIpc) is 3.04. The number of hydrogen-bond donors (Lipinski definition) is 1. The van der Waals surface area contributed by atoms with Gasteiger partial charge in [-0.05, 0) is 35.9 Å². The molecule has 0 saturated heterocycles. The molecule has 1 heterocycles. The van der Waals surface area contributed by atoms with Crippen LogP contribution < -0.4 is 10.1 Å². The normalized spacial score (nSPS) is 10.6. The van der Waals surface area contributed by atoms with Gasteiger partial charge in [0.1, 0.15) is 11.6 Å². The van der Waals surface area contributed by atoms with Crippen LogP contribution in [0.3, 0.4) is 0 Å². The van der Waals surface area contributed by atoms with Gasteiger partial charge in [-0.3, -0.25) is 9.48 Å². The molecular formula is C18H14Cl2FN3O2. The van der Waals surface area contributed by atoms with Gasteiger partial charge in [0.25, 0.3) is 5.91 Å². The summed E-state index contributed by atoms with van der Waals surface area (Å²) in [6, 6.07) is 10.6. The monoisotopic (exact) mass is 393 g/mol. The van der Waals surface area contributed by atoms with Crippen molar-refractivity contribution in [2.45, 2.75) is 6.54 Å². The minimum absolute atomic E-state index is 0.302. The minimum atomic E-state index is -0.400. The van der Waals surface area contributed by atoms with E-state index >= 15 is 0 Å². The minimum Gasteiger partial charge on any atom is -0.496 e. The number of aromatic nitrogens is 2. The smallest absolute Gasteiger partial charge is 0.260 e. The van der Waals surface area contributed by atoms with Crippen molar-refractivity contribution in [1.29, 1.82) is 0 Å². The first-order valence-corrected chi connectivity index (χ1v) is 8.34. The van der Waals surface area contributed by atoms with Crippen molar-refractivity contribution in [3.05, 3.63) is 75.7 Å². The number of methoxy groups -OCH3 is 1. The van der Waals surface area contributed by atoms with Gasteiger partial charge < -0.3 is 10.1 Å². The molecule has 0 bridgehead atoms. The van der Waals surface area contributed by atoms with Crippen LogP contribution in [0.25, 0.3) is 0 Å². The van der Waals surface area contributed by atoms with Gasteiger partial charge in [-0.2, -0.15) is 5.10 Å². The number of rotatable bonds is 5. The van der Waals surface area contributed by atoms with Crippen LogP contribution in [0.1, 0.15) is 15.9 Å². The third kappa shape index (κ3) is 4.15. The Labute approximate surface area is 159 Å². The molecule has 0 radical (unpaired) electrons. The molecule has 0 unspecified atom stereocenters. The highest BCUT2D eigenvalue weighted by atomic mass is 35.5. The zero-order valence-electron chi connectivity index (χ0n) is 13.7. The second kappa shape index (κ2) is 7.76. The maximum Gasteiger partial charge on any atom is 0.260 e. The van der Waals surface area contributed by atoms with Crippen molar-refractivity contribution in [2.75, 3.05) is 12.4 Å². The Morgan fingerprint density at radius 1 is 1.23 bits per heavy atom. The Kier molecular flexibility index (Phi) is 5.44. The summed E-state index contributed by atoms with van der Waals surface area (Å²) in [7, 11) is 1.47. The molecule has 3 rings (SSSR count). The van der Waals surface area contributed by atoms with Crippen LogP contribution >= 0.6 is 23.2 Å². The number of nitrogens with one attached hydrogen (secondary N) is 1. The van der Waals surface area contributed by atoms with Gasteiger partial charge in [-0.1, -0.05) is 29.3 Å². The highest BCUT2D eigenvalue weighted by molar-refractivity contribution is 6.31. The highest BCUT2D eigenvalue weighted by Crippen LogP contribution is 2.24. The number of hydrogen-bond acceptors (Lipinski definition) is 3. The van der Waals surface area contributed by atoms with E-state index in [0.717, 1.165) is 0 Å². The maximum absolute atomic E-state index is 13.1. The van der Waals surface area contributed by atoms with Gasteiger partial charge in [0.2, 0.25) is 0 Å². The summed E-state index contributed by atoms with van der Waals surface area (Å²) >= 11 is 12.0. The maximum atomic E-state index is 13.1. The van der Waals surface area contributed by atoms with E-state index in [1.54, 1.807) is 35.1 Å². The van der Waals surface area contributed by atoms with Crippen molar-refractivity contribution >= 4 is 34.9 Å². The number of amides is 1. The molecule has 8 heteroatoms. The number of nitrogens with zero attached hydrogens (tertiary/aromatic N) is 2. The third-order valence-corrected chi connectivity index (χ3v) is 4.22. The largest absolute Gasteiger partial charge is 0.496 e. The first-order valence-electron chi connectivity index (χ1n) is 7.58. The molecule has 3 aromatic rings. The molecule has 1 amide bonds.